The van der Waals surface area contributed by atoms with Gasteiger partial charge in [-0.3, -0.25) is 4.79 Å². The molecule has 0 bridgehead atoms. The van der Waals surface area contributed by atoms with E-state index in [4.69, 9.17) is 4.74 Å². The van der Waals surface area contributed by atoms with E-state index < -0.39 is 10.0 Å². The molecule has 2 aromatic rings. The van der Waals surface area contributed by atoms with Gasteiger partial charge in [-0.2, -0.15) is 4.31 Å². The first-order valence-corrected chi connectivity index (χ1v) is 12.5. The van der Waals surface area contributed by atoms with E-state index in [2.05, 4.69) is 15.2 Å². The van der Waals surface area contributed by atoms with Gasteiger partial charge in [-0.1, -0.05) is 32.0 Å². The van der Waals surface area contributed by atoms with E-state index in [1.54, 1.807) is 30.5 Å². The van der Waals surface area contributed by atoms with Gasteiger partial charge >= 0.3 is 0 Å². The van der Waals surface area contributed by atoms with Crippen LogP contribution in [0.15, 0.2) is 47.5 Å². The van der Waals surface area contributed by atoms with E-state index in [1.807, 2.05) is 26.0 Å². The van der Waals surface area contributed by atoms with Crippen LogP contribution < -0.4 is 10.2 Å². The second-order valence-electron chi connectivity index (χ2n) is 7.60. The molecule has 1 aromatic heterocycles. The first-order chi connectivity index (χ1) is 15.5. The molecule has 8 nitrogen and oxygen atoms in total. The molecule has 0 atom stereocenters. The number of aromatic nitrogens is 1. The second-order valence-corrected chi connectivity index (χ2v) is 9.53. The SMILES string of the molecule is CCN(CC)S(=O)(=O)c1ccc(CCC(=O)NCc2cccnc2N2CCOCC2)cc1. The fourth-order valence-electron chi connectivity index (χ4n) is 3.71. The summed E-state index contributed by atoms with van der Waals surface area (Å²) in [6.45, 7) is 7.87. The zero-order valence-corrected chi connectivity index (χ0v) is 19.6. The summed E-state index contributed by atoms with van der Waals surface area (Å²) in [7, 11) is -3.47. The Labute approximate surface area is 190 Å². The molecule has 1 fully saturated rings. The Morgan fingerprint density at radius 2 is 1.81 bits per heavy atom. The van der Waals surface area contributed by atoms with E-state index >= 15 is 0 Å². The molecular formula is C23H32N4O4S. The van der Waals surface area contributed by atoms with Crippen molar-refractivity contribution >= 4 is 21.7 Å². The summed E-state index contributed by atoms with van der Waals surface area (Å²) in [6.07, 6.45) is 2.64. The quantitative estimate of drug-likeness (QED) is 0.584. The molecule has 3 rings (SSSR count). The topological polar surface area (TPSA) is 91.8 Å². The maximum absolute atomic E-state index is 12.6. The van der Waals surface area contributed by atoms with Crippen LogP contribution >= 0.6 is 0 Å². The number of morpholine rings is 1. The molecule has 1 amide bonds. The molecule has 9 heteroatoms. The zero-order chi connectivity index (χ0) is 23.0. The Bertz CT molecular complexity index is 985. The number of nitrogens with zero attached hydrogens (tertiary/aromatic N) is 3. The molecule has 1 aromatic carbocycles. The molecule has 1 aliphatic rings. The minimum Gasteiger partial charge on any atom is -0.378 e. The summed E-state index contributed by atoms with van der Waals surface area (Å²) >= 11 is 0. The van der Waals surface area contributed by atoms with Crippen LogP contribution in [-0.2, 0) is 32.5 Å². The second kappa shape index (κ2) is 11.4. The Kier molecular flexibility index (Phi) is 8.60. The standard InChI is InChI=1S/C23H32N4O4S/c1-3-27(4-2)32(29,30)21-10-7-19(8-11-21)9-12-22(28)25-18-20-6-5-13-24-23(20)26-14-16-31-17-15-26/h5-8,10-11,13H,3-4,9,12,14-18H2,1-2H3,(H,25,28). The highest BCUT2D eigenvalue weighted by Gasteiger charge is 2.21. The average molecular weight is 461 g/mol. The summed E-state index contributed by atoms with van der Waals surface area (Å²) in [6, 6.07) is 10.6. The van der Waals surface area contributed by atoms with Crippen LogP contribution in [0, 0.1) is 0 Å². The van der Waals surface area contributed by atoms with Crippen molar-refractivity contribution in [2.45, 2.75) is 38.1 Å². The van der Waals surface area contributed by atoms with Crippen molar-refractivity contribution in [3.05, 3.63) is 53.7 Å². The minimum atomic E-state index is -3.47. The molecule has 174 valence electrons. The third-order valence-electron chi connectivity index (χ3n) is 5.56. The summed E-state index contributed by atoms with van der Waals surface area (Å²) in [5.41, 5.74) is 1.91. The van der Waals surface area contributed by atoms with Gasteiger partial charge in [0.1, 0.15) is 5.82 Å². The monoisotopic (exact) mass is 460 g/mol. The molecular weight excluding hydrogens is 428 g/mol. The van der Waals surface area contributed by atoms with Crippen molar-refractivity contribution in [1.29, 1.82) is 0 Å². The van der Waals surface area contributed by atoms with Crippen LogP contribution in [-0.4, -0.2) is 63.0 Å². The van der Waals surface area contributed by atoms with Gasteiger partial charge in [0.05, 0.1) is 18.1 Å². The Morgan fingerprint density at radius 3 is 2.47 bits per heavy atom. The zero-order valence-electron chi connectivity index (χ0n) is 18.8. The first-order valence-electron chi connectivity index (χ1n) is 11.1. The maximum Gasteiger partial charge on any atom is 0.243 e. The molecule has 32 heavy (non-hydrogen) atoms. The molecule has 1 aliphatic heterocycles. The number of anilines is 1. The van der Waals surface area contributed by atoms with Crippen molar-refractivity contribution in [2.24, 2.45) is 0 Å². The first kappa shape index (κ1) is 24.2. The molecule has 0 unspecified atom stereocenters. The summed E-state index contributed by atoms with van der Waals surface area (Å²) < 4.78 is 32.0. The van der Waals surface area contributed by atoms with Crippen LogP contribution in [0.1, 0.15) is 31.4 Å². The molecule has 1 N–H and O–H groups in total. The lowest BCUT2D eigenvalue weighted by atomic mass is 10.1. The Hall–Kier alpha value is -2.49. The number of pyridine rings is 1. The van der Waals surface area contributed by atoms with Crippen molar-refractivity contribution in [2.75, 3.05) is 44.3 Å². The fraction of sp³-hybridized carbons (Fsp3) is 0.478. The van der Waals surface area contributed by atoms with E-state index in [0.717, 1.165) is 30.0 Å². The number of carbonyl (C=O) groups excluding carboxylic acids is 1. The maximum atomic E-state index is 12.6. The number of sulfonamides is 1. The number of rotatable bonds is 10. The predicted octanol–water partition coefficient (Wildman–Crippen LogP) is 2.20. The van der Waals surface area contributed by atoms with Gasteiger partial charge < -0.3 is 15.0 Å². The average Bonchev–Trinajstić information content (AvgIpc) is 2.83. The van der Waals surface area contributed by atoms with E-state index in [-0.39, 0.29) is 10.8 Å². The summed E-state index contributed by atoms with van der Waals surface area (Å²) in [5.74, 6) is 0.836. The summed E-state index contributed by atoms with van der Waals surface area (Å²) in [4.78, 5) is 19.4. The number of ether oxygens (including phenoxy) is 1. The van der Waals surface area contributed by atoms with Crippen molar-refractivity contribution in [3.63, 3.8) is 0 Å². The van der Waals surface area contributed by atoms with Crippen molar-refractivity contribution in [1.82, 2.24) is 14.6 Å². The number of amides is 1. The van der Waals surface area contributed by atoms with Gasteiger partial charge in [0.25, 0.3) is 0 Å². The lowest BCUT2D eigenvalue weighted by Crippen LogP contribution is -2.37. The number of aryl methyl sites for hydroxylation is 1. The normalized spacial score (nSPS) is 14.5. The molecule has 1 saturated heterocycles. The number of hydrogen-bond donors (Lipinski definition) is 1. The Morgan fingerprint density at radius 1 is 1.12 bits per heavy atom. The molecule has 0 aliphatic carbocycles. The number of benzene rings is 1. The number of hydrogen-bond acceptors (Lipinski definition) is 6. The van der Waals surface area contributed by atoms with Gasteiger partial charge in [-0.05, 0) is 30.2 Å². The van der Waals surface area contributed by atoms with Crippen molar-refractivity contribution < 1.29 is 17.9 Å². The van der Waals surface area contributed by atoms with E-state index in [9.17, 15) is 13.2 Å². The lowest BCUT2D eigenvalue weighted by molar-refractivity contribution is -0.121. The highest BCUT2D eigenvalue weighted by molar-refractivity contribution is 7.89. The van der Waals surface area contributed by atoms with Crippen LogP contribution in [0.2, 0.25) is 0 Å². The fourth-order valence-corrected chi connectivity index (χ4v) is 5.17. The minimum absolute atomic E-state index is 0.0541. The van der Waals surface area contributed by atoms with Crippen LogP contribution in [0.5, 0.6) is 0 Å². The molecule has 0 saturated carbocycles. The third kappa shape index (κ3) is 6.05. The van der Waals surface area contributed by atoms with Gasteiger partial charge in [0, 0.05) is 50.9 Å². The van der Waals surface area contributed by atoms with Crippen LogP contribution in [0.4, 0.5) is 5.82 Å². The van der Waals surface area contributed by atoms with E-state index in [0.29, 0.717) is 45.7 Å². The molecule has 0 radical (unpaired) electrons. The lowest BCUT2D eigenvalue weighted by Gasteiger charge is -2.29. The predicted molar refractivity (Wildman–Crippen MR) is 124 cm³/mol. The Balaban J connectivity index is 1.53. The van der Waals surface area contributed by atoms with Gasteiger partial charge in [0.15, 0.2) is 0 Å². The van der Waals surface area contributed by atoms with Gasteiger partial charge in [-0.15, -0.1) is 0 Å². The molecule has 0 spiro atoms. The van der Waals surface area contributed by atoms with Crippen LogP contribution in [0.3, 0.4) is 0 Å². The van der Waals surface area contributed by atoms with Crippen LogP contribution in [0.25, 0.3) is 0 Å². The van der Waals surface area contributed by atoms with Crippen molar-refractivity contribution in [3.8, 4) is 0 Å². The van der Waals surface area contributed by atoms with Gasteiger partial charge in [-0.25, -0.2) is 13.4 Å². The smallest absolute Gasteiger partial charge is 0.243 e. The highest BCUT2D eigenvalue weighted by atomic mass is 32.2. The van der Waals surface area contributed by atoms with Gasteiger partial charge in [0.2, 0.25) is 15.9 Å². The largest absolute Gasteiger partial charge is 0.378 e. The number of carbonyl (C=O) groups is 1. The third-order valence-corrected chi connectivity index (χ3v) is 7.63. The highest BCUT2D eigenvalue weighted by Crippen LogP contribution is 2.19. The van der Waals surface area contributed by atoms with E-state index in [1.165, 1.54) is 4.31 Å². The molecule has 2 heterocycles. The number of nitrogens with one attached hydrogen (secondary N) is 1. The summed E-state index contributed by atoms with van der Waals surface area (Å²) in [5, 5.41) is 2.98.